The summed E-state index contributed by atoms with van der Waals surface area (Å²) in [6.07, 6.45) is -6.53. The van der Waals surface area contributed by atoms with E-state index in [1.165, 1.54) is 6.07 Å². The fourth-order valence-electron chi connectivity index (χ4n) is 1.32. The Balaban J connectivity index is 2.29. The minimum atomic E-state index is -3.75. The second-order valence-corrected chi connectivity index (χ2v) is 3.23. The van der Waals surface area contributed by atoms with Crippen molar-refractivity contribution in [2.45, 2.75) is 18.8 Å². The number of ether oxygens (including phenoxy) is 2. The number of hydrogen-bond acceptors (Lipinski definition) is 3. The fraction of sp³-hybridized carbons (Fsp3) is 0.333. The number of nitrogens with two attached hydrogens (primary N) is 1. The molecule has 0 saturated carbocycles. The lowest BCUT2D eigenvalue weighted by atomic mass is 10.1. The minimum Gasteiger partial charge on any atom is -0.395 e. The third-order valence-electron chi connectivity index (χ3n) is 2.08. The Hall–Kier alpha value is -1.50. The highest BCUT2D eigenvalue weighted by Crippen LogP contribution is 2.42. The van der Waals surface area contributed by atoms with E-state index in [9.17, 15) is 17.6 Å². The van der Waals surface area contributed by atoms with E-state index in [2.05, 4.69) is 9.47 Å². The zero-order chi connectivity index (χ0) is 11.9. The Morgan fingerprint density at radius 1 is 1.12 bits per heavy atom. The van der Waals surface area contributed by atoms with E-state index in [0.717, 1.165) is 12.1 Å². The van der Waals surface area contributed by atoms with Crippen molar-refractivity contribution in [2.24, 2.45) is 5.73 Å². The van der Waals surface area contributed by atoms with Gasteiger partial charge in [-0.15, -0.1) is 8.78 Å². The van der Waals surface area contributed by atoms with Gasteiger partial charge in [0.2, 0.25) is 0 Å². The summed E-state index contributed by atoms with van der Waals surface area (Å²) in [6, 6.07) is 1.80. The molecule has 0 amide bonds. The van der Waals surface area contributed by atoms with Crippen LogP contribution in [0.2, 0.25) is 0 Å². The van der Waals surface area contributed by atoms with Crippen molar-refractivity contribution < 1.29 is 27.0 Å². The highest BCUT2D eigenvalue weighted by atomic mass is 19.3. The van der Waals surface area contributed by atoms with Crippen molar-refractivity contribution >= 4 is 0 Å². The molecule has 0 saturated heterocycles. The van der Waals surface area contributed by atoms with Crippen LogP contribution in [0.25, 0.3) is 0 Å². The van der Waals surface area contributed by atoms with Gasteiger partial charge < -0.3 is 15.2 Å². The van der Waals surface area contributed by atoms with Gasteiger partial charge in [-0.25, -0.2) is 8.78 Å². The van der Waals surface area contributed by atoms with E-state index in [4.69, 9.17) is 5.73 Å². The molecule has 0 aliphatic carbocycles. The molecule has 1 aromatic carbocycles. The number of benzene rings is 1. The van der Waals surface area contributed by atoms with Crippen LogP contribution in [0.5, 0.6) is 11.5 Å². The average Bonchev–Trinajstić information content (AvgIpc) is 2.48. The van der Waals surface area contributed by atoms with E-state index in [1.807, 2.05) is 0 Å². The molecule has 0 fully saturated rings. The number of rotatable bonds is 2. The Morgan fingerprint density at radius 2 is 1.75 bits per heavy atom. The summed E-state index contributed by atoms with van der Waals surface area (Å²) in [6.45, 7) is 0. The number of halogens is 4. The van der Waals surface area contributed by atoms with Crippen molar-refractivity contribution in [1.82, 2.24) is 0 Å². The van der Waals surface area contributed by atoms with Crippen LogP contribution >= 0.6 is 0 Å². The molecule has 7 heteroatoms. The van der Waals surface area contributed by atoms with E-state index in [-0.39, 0.29) is 17.1 Å². The summed E-state index contributed by atoms with van der Waals surface area (Å²) in [5.41, 5.74) is 5.17. The first-order valence-electron chi connectivity index (χ1n) is 4.32. The summed E-state index contributed by atoms with van der Waals surface area (Å²) in [4.78, 5) is 0. The van der Waals surface area contributed by atoms with Gasteiger partial charge in [-0.2, -0.15) is 0 Å². The molecule has 1 aliphatic rings. The molecule has 1 aromatic rings. The molecule has 88 valence electrons. The fourth-order valence-corrected chi connectivity index (χ4v) is 1.32. The zero-order valence-corrected chi connectivity index (χ0v) is 7.79. The van der Waals surface area contributed by atoms with Gasteiger partial charge in [-0.05, 0) is 17.7 Å². The predicted molar refractivity (Wildman–Crippen MR) is 45.6 cm³/mol. The topological polar surface area (TPSA) is 44.5 Å². The van der Waals surface area contributed by atoms with Crippen LogP contribution in [-0.2, 0) is 0 Å². The second-order valence-electron chi connectivity index (χ2n) is 3.23. The molecule has 3 nitrogen and oxygen atoms in total. The molecule has 0 aromatic heterocycles. The maximum Gasteiger partial charge on any atom is 0.586 e. The van der Waals surface area contributed by atoms with Crippen molar-refractivity contribution in [3.8, 4) is 11.5 Å². The monoisotopic (exact) mass is 237 g/mol. The highest BCUT2D eigenvalue weighted by Gasteiger charge is 2.43. The van der Waals surface area contributed by atoms with Crippen LogP contribution in [0.1, 0.15) is 11.6 Å². The smallest absolute Gasteiger partial charge is 0.395 e. The van der Waals surface area contributed by atoms with Gasteiger partial charge >= 0.3 is 6.29 Å². The lowest BCUT2D eigenvalue weighted by Crippen LogP contribution is -2.26. The van der Waals surface area contributed by atoms with Crippen LogP contribution in [0.15, 0.2) is 18.2 Å². The Kier molecular flexibility index (Phi) is 2.42. The first-order valence-corrected chi connectivity index (χ1v) is 4.32. The third-order valence-corrected chi connectivity index (χ3v) is 2.08. The summed E-state index contributed by atoms with van der Waals surface area (Å²) in [7, 11) is 0. The van der Waals surface area contributed by atoms with Gasteiger partial charge in [0.25, 0.3) is 6.43 Å². The van der Waals surface area contributed by atoms with Crippen LogP contribution in [0, 0.1) is 0 Å². The van der Waals surface area contributed by atoms with Crippen molar-refractivity contribution in [2.75, 3.05) is 0 Å². The van der Waals surface area contributed by atoms with Gasteiger partial charge in [0.05, 0.1) is 6.04 Å². The van der Waals surface area contributed by atoms with E-state index in [0.29, 0.717) is 0 Å². The van der Waals surface area contributed by atoms with E-state index in [1.54, 1.807) is 0 Å². The van der Waals surface area contributed by atoms with Crippen LogP contribution in [0.3, 0.4) is 0 Å². The normalized spacial score (nSPS) is 18.9. The van der Waals surface area contributed by atoms with Crippen LogP contribution < -0.4 is 15.2 Å². The maximum absolute atomic E-state index is 12.6. The zero-order valence-electron chi connectivity index (χ0n) is 7.79. The highest BCUT2D eigenvalue weighted by molar-refractivity contribution is 5.46. The third kappa shape index (κ3) is 1.90. The first-order chi connectivity index (χ1) is 7.39. The molecule has 2 rings (SSSR count). The van der Waals surface area contributed by atoms with Crippen molar-refractivity contribution in [1.29, 1.82) is 0 Å². The lowest BCUT2D eigenvalue weighted by molar-refractivity contribution is -0.286. The second kappa shape index (κ2) is 3.51. The molecule has 1 atom stereocenters. The molecular weight excluding hydrogens is 230 g/mol. The molecule has 16 heavy (non-hydrogen) atoms. The molecule has 0 bridgehead atoms. The number of hydrogen-bond donors (Lipinski definition) is 1. The standard InChI is InChI=1S/C9H7F4NO2/c10-8(11)7(14)4-1-2-5-6(3-4)16-9(12,13)15-5/h1-3,7-8H,14H2/t7-/m1/s1. The SMILES string of the molecule is N[C@H](c1ccc2c(c1)OC(F)(F)O2)C(F)F. The van der Waals surface area contributed by atoms with Gasteiger partial charge in [0.1, 0.15) is 0 Å². The predicted octanol–water partition coefficient (Wildman–Crippen LogP) is 2.27. The molecule has 0 unspecified atom stereocenters. The quantitative estimate of drug-likeness (QED) is 0.802. The Morgan fingerprint density at radius 3 is 2.38 bits per heavy atom. The molecule has 1 aliphatic heterocycles. The minimum absolute atomic E-state index is 0.00931. The maximum atomic E-state index is 12.6. The Bertz CT molecular complexity index is 410. The van der Waals surface area contributed by atoms with Crippen molar-refractivity contribution in [3.63, 3.8) is 0 Å². The number of alkyl halides is 4. The van der Waals surface area contributed by atoms with Crippen molar-refractivity contribution in [3.05, 3.63) is 23.8 Å². The van der Waals surface area contributed by atoms with Crippen LogP contribution in [-0.4, -0.2) is 12.7 Å². The van der Waals surface area contributed by atoms with Gasteiger partial charge in [-0.1, -0.05) is 6.07 Å². The van der Waals surface area contributed by atoms with Gasteiger partial charge in [0.15, 0.2) is 11.5 Å². The van der Waals surface area contributed by atoms with Gasteiger partial charge in [-0.3, -0.25) is 0 Å². The van der Waals surface area contributed by atoms with E-state index < -0.39 is 18.8 Å². The summed E-state index contributed by atoms with van der Waals surface area (Å²) in [5.74, 6) is -0.492. The molecular formula is C9H7F4NO2. The van der Waals surface area contributed by atoms with Crippen LogP contribution in [0.4, 0.5) is 17.6 Å². The van der Waals surface area contributed by atoms with Gasteiger partial charge in [0, 0.05) is 0 Å². The lowest BCUT2D eigenvalue weighted by Gasteiger charge is -2.10. The summed E-state index contributed by atoms with van der Waals surface area (Å²) >= 11 is 0. The number of fused-ring (bicyclic) bond motifs is 1. The molecule has 1 heterocycles. The van der Waals surface area contributed by atoms with E-state index >= 15 is 0 Å². The molecule has 0 radical (unpaired) electrons. The Labute approximate surface area is 87.7 Å². The largest absolute Gasteiger partial charge is 0.586 e. The average molecular weight is 237 g/mol. The molecule has 2 N–H and O–H groups in total. The summed E-state index contributed by atoms with van der Waals surface area (Å²) < 4.78 is 58.0. The first kappa shape index (κ1) is 11.0. The summed E-state index contributed by atoms with van der Waals surface area (Å²) in [5, 5.41) is 0. The molecule has 0 spiro atoms.